The molecular formula is C25H27ClFNO3. The van der Waals surface area contributed by atoms with Gasteiger partial charge in [-0.1, -0.05) is 41.9 Å². The fourth-order valence-corrected chi connectivity index (χ4v) is 3.44. The minimum Gasteiger partial charge on any atom is -0.497 e. The summed E-state index contributed by atoms with van der Waals surface area (Å²) in [6, 6.07) is 18.3. The van der Waals surface area contributed by atoms with Gasteiger partial charge in [0.15, 0.2) is 11.5 Å². The summed E-state index contributed by atoms with van der Waals surface area (Å²) in [4.78, 5) is 0. The van der Waals surface area contributed by atoms with Crippen LogP contribution in [0.1, 0.15) is 23.6 Å². The van der Waals surface area contributed by atoms with E-state index in [2.05, 4.69) is 17.4 Å². The largest absolute Gasteiger partial charge is 0.497 e. The van der Waals surface area contributed by atoms with Crippen molar-refractivity contribution in [2.45, 2.75) is 26.5 Å². The smallest absolute Gasteiger partial charge is 0.180 e. The van der Waals surface area contributed by atoms with Gasteiger partial charge in [0.05, 0.1) is 18.7 Å². The summed E-state index contributed by atoms with van der Waals surface area (Å²) in [7, 11) is 1.66. The van der Waals surface area contributed by atoms with Crippen LogP contribution in [0, 0.1) is 5.82 Å². The number of nitrogens with one attached hydrogen (secondary N) is 1. The molecule has 0 aliphatic rings. The van der Waals surface area contributed by atoms with Gasteiger partial charge in [-0.15, -0.1) is 0 Å². The molecule has 0 bridgehead atoms. The molecule has 0 atom stereocenters. The lowest BCUT2D eigenvalue weighted by Crippen LogP contribution is -2.17. The predicted octanol–water partition coefficient (Wildman–Crippen LogP) is 5.80. The van der Waals surface area contributed by atoms with Gasteiger partial charge >= 0.3 is 0 Å². The zero-order chi connectivity index (χ0) is 22.1. The number of methoxy groups -OCH3 is 1. The van der Waals surface area contributed by atoms with E-state index < -0.39 is 0 Å². The molecule has 0 amide bonds. The molecule has 164 valence electrons. The Morgan fingerprint density at radius 3 is 2.45 bits per heavy atom. The van der Waals surface area contributed by atoms with E-state index in [0.29, 0.717) is 35.2 Å². The number of halogens is 2. The third-order valence-electron chi connectivity index (χ3n) is 4.78. The van der Waals surface area contributed by atoms with Crippen molar-refractivity contribution in [3.8, 4) is 17.2 Å². The Morgan fingerprint density at radius 1 is 0.968 bits per heavy atom. The van der Waals surface area contributed by atoms with Gasteiger partial charge in [-0.05, 0) is 61.3 Å². The van der Waals surface area contributed by atoms with E-state index in [-0.39, 0.29) is 12.4 Å². The van der Waals surface area contributed by atoms with Crippen LogP contribution in [0.4, 0.5) is 4.39 Å². The third-order valence-corrected chi connectivity index (χ3v) is 5.06. The van der Waals surface area contributed by atoms with Crippen molar-refractivity contribution in [3.63, 3.8) is 0 Å². The summed E-state index contributed by atoms with van der Waals surface area (Å²) in [5.74, 6) is 1.52. The van der Waals surface area contributed by atoms with Crippen LogP contribution in [0.15, 0.2) is 60.7 Å². The molecule has 0 aliphatic carbocycles. The van der Waals surface area contributed by atoms with E-state index in [1.165, 1.54) is 11.6 Å². The van der Waals surface area contributed by atoms with Crippen molar-refractivity contribution < 1.29 is 18.6 Å². The molecule has 1 N–H and O–H groups in total. The Morgan fingerprint density at radius 2 is 1.74 bits per heavy atom. The Bertz CT molecular complexity index is 979. The first kappa shape index (κ1) is 22.9. The van der Waals surface area contributed by atoms with Crippen LogP contribution >= 0.6 is 11.6 Å². The third kappa shape index (κ3) is 6.61. The zero-order valence-corrected chi connectivity index (χ0v) is 18.5. The lowest BCUT2D eigenvalue weighted by Gasteiger charge is -2.16. The van der Waals surface area contributed by atoms with Crippen molar-refractivity contribution in [3.05, 3.63) is 88.2 Å². The molecule has 0 aromatic heterocycles. The molecule has 0 saturated heterocycles. The molecule has 3 aromatic rings. The summed E-state index contributed by atoms with van der Waals surface area (Å²) >= 11 is 6.48. The molecule has 31 heavy (non-hydrogen) atoms. The van der Waals surface area contributed by atoms with Gasteiger partial charge in [-0.2, -0.15) is 0 Å². The minimum atomic E-state index is -0.311. The SMILES string of the molecule is CCOc1cc(CNCCc2ccc(OC)cc2)cc(Cl)c1OCc1ccccc1F. The zero-order valence-electron chi connectivity index (χ0n) is 17.8. The van der Waals surface area contributed by atoms with Gasteiger partial charge in [0.1, 0.15) is 18.2 Å². The van der Waals surface area contributed by atoms with Crippen molar-refractivity contribution in [1.82, 2.24) is 5.32 Å². The Balaban J connectivity index is 1.60. The lowest BCUT2D eigenvalue weighted by molar-refractivity contribution is 0.266. The molecule has 3 rings (SSSR count). The van der Waals surface area contributed by atoms with Crippen LogP contribution in [-0.2, 0) is 19.6 Å². The summed E-state index contributed by atoms with van der Waals surface area (Å²) in [6.07, 6.45) is 0.903. The standard InChI is InChI=1S/C25H27ClFNO3/c1-3-30-24-15-19(16-28-13-12-18-8-10-21(29-2)11-9-18)14-22(26)25(24)31-17-20-6-4-5-7-23(20)27/h4-11,14-15,28H,3,12-13,16-17H2,1-2H3. The number of hydrogen-bond donors (Lipinski definition) is 1. The van der Waals surface area contributed by atoms with Crippen LogP contribution in [0.3, 0.4) is 0 Å². The number of benzene rings is 3. The highest BCUT2D eigenvalue weighted by molar-refractivity contribution is 6.32. The van der Waals surface area contributed by atoms with Crippen LogP contribution < -0.4 is 19.5 Å². The topological polar surface area (TPSA) is 39.7 Å². The van der Waals surface area contributed by atoms with E-state index in [4.69, 9.17) is 25.8 Å². The molecule has 6 heteroatoms. The molecule has 0 aliphatic heterocycles. The quantitative estimate of drug-likeness (QED) is 0.380. The number of hydrogen-bond acceptors (Lipinski definition) is 4. The van der Waals surface area contributed by atoms with Gasteiger partial charge in [-0.25, -0.2) is 4.39 Å². The molecule has 0 spiro atoms. The van der Waals surface area contributed by atoms with Crippen LogP contribution in [0.25, 0.3) is 0 Å². The predicted molar refractivity (Wildman–Crippen MR) is 122 cm³/mol. The second kappa shape index (κ2) is 11.6. The van der Waals surface area contributed by atoms with E-state index in [1.807, 2.05) is 31.2 Å². The lowest BCUT2D eigenvalue weighted by atomic mass is 10.1. The van der Waals surface area contributed by atoms with Crippen molar-refractivity contribution in [1.29, 1.82) is 0 Å². The van der Waals surface area contributed by atoms with Gasteiger partial charge in [-0.3, -0.25) is 0 Å². The van der Waals surface area contributed by atoms with Gasteiger partial charge in [0.25, 0.3) is 0 Å². The van der Waals surface area contributed by atoms with E-state index in [0.717, 1.165) is 24.3 Å². The summed E-state index contributed by atoms with van der Waals surface area (Å²) in [5.41, 5.74) is 2.69. The molecule has 0 radical (unpaired) electrons. The van der Waals surface area contributed by atoms with Gasteiger partial charge in [0.2, 0.25) is 0 Å². The molecule has 3 aromatic carbocycles. The maximum absolute atomic E-state index is 13.9. The molecule has 4 nitrogen and oxygen atoms in total. The van der Waals surface area contributed by atoms with Crippen LogP contribution in [0.2, 0.25) is 5.02 Å². The molecule has 0 saturated carbocycles. The Kier molecular flexibility index (Phi) is 8.56. The normalized spacial score (nSPS) is 10.7. The molecule has 0 unspecified atom stereocenters. The number of ether oxygens (including phenoxy) is 3. The van der Waals surface area contributed by atoms with E-state index >= 15 is 0 Å². The monoisotopic (exact) mass is 443 g/mol. The van der Waals surface area contributed by atoms with E-state index in [9.17, 15) is 4.39 Å². The second-order valence-electron chi connectivity index (χ2n) is 6.99. The first-order valence-electron chi connectivity index (χ1n) is 10.3. The Hall–Kier alpha value is -2.76. The average molecular weight is 444 g/mol. The van der Waals surface area contributed by atoms with Crippen molar-refractivity contribution in [2.24, 2.45) is 0 Å². The minimum absolute atomic E-state index is 0.0753. The summed E-state index contributed by atoms with van der Waals surface area (Å²) in [6.45, 7) is 3.91. The van der Waals surface area contributed by atoms with E-state index in [1.54, 1.807) is 25.3 Å². The van der Waals surface area contributed by atoms with Crippen LogP contribution in [-0.4, -0.2) is 20.3 Å². The average Bonchev–Trinajstić information content (AvgIpc) is 2.78. The summed E-state index contributed by atoms with van der Waals surface area (Å²) in [5, 5.41) is 3.86. The fourth-order valence-electron chi connectivity index (χ4n) is 3.15. The van der Waals surface area contributed by atoms with Gasteiger partial charge in [0, 0.05) is 12.1 Å². The highest BCUT2D eigenvalue weighted by Gasteiger charge is 2.14. The first-order chi connectivity index (χ1) is 15.1. The van der Waals surface area contributed by atoms with Gasteiger partial charge < -0.3 is 19.5 Å². The molecule has 0 heterocycles. The highest BCUT2D eigenvalue weighted by Crippen LogP contribution is 2.37. The molecular weight excluding hydrogens is 417 g/mol. The van der Waals surface area contributed by atoms with Crippen molar-refractivity contribution in [2.75, 3.05) is 20.3 Å². The Labute approximate surface area is 187 Å². The molecule has 0 fully saturated rings. The maximum atomic E-state index is 13.9. The first-order valence-corrected chi connectivity index (χ1v) is 10.6. The highest BCUT2D eigenvalue weighted by atomic mass is 35.5. The number of rotatable bonds is 11. The fraction of sp³-hybridized carbons (Fsp3) is 0.280. The second-order valence-corrected chi connectivity index (χ2v) is 7.40. The summed E-state index contributed by atoms with van der Waals surface area (Å²) < 4.78 is 30.6. The van der Waals surface area contributed by atoms with Crippen LogP contribution in [0.5, 0.6) is 17.2 Å². The maximum Gasteiger partial charge on any atom is 0.180 e. The van der Waals surface area contributed by atoms with Crippen molar-refractivity contribution >= 4 is 11.6 Å².